The molecular formula is C20H18N6O. The average Bonchev–Trinajstić information content (AvgIpc) is 3.14. The number of fused-ring (bicyclic) bond motifs is 1. The van der Waals surface area contributed by atoms with E-state index in [4.69, 9.17) is 16.1 Å². The Kier molecular flexibility index (Phi) is 5.38. The summed E-state index contributed by atoms with van der Waals surface area (Å²) >= 11 is 0. The Bertz CT molecular complexity index is 955. The van der Waals surface area contributed by atoms with E-state index in [1.54, 1.807) is 17.0 Å². The first-order valence-electron chi connectivity index (χ1n) is 8.36. The Morgan fingerprint density at radius 2 is 1.89 bits per heavy atom. The standard InChI is InChI=1S/C20H18N6O/c21-8-14-1-3-15(4-2-14)16-5-6-17-11-26(12-18(17)7-16)20(27)10-24-13-25-19(23)9-22/h1-7,9,13,22H,10-12H2,(H2,23,24,25). The van der Waals surface area contributed by atoms with Crippen LogP contribution in [0.2, 0.25) is 0 Å². The van der Waals surface area contributed by atoms with Crippen LogP contribution in [-0.2, 0) is 17.9 Å². The smallest absolute Gasteiger partial charge is 0.242 e. The normalized spacial score (nSPS) is 12.5. The van der Waals surface area contributed by atoms with Gasteiger partial charge in [-0.15, -0.1) is 0 Å². The third-order valence-corrected chi connectivity index (χ3v) is 4.31. The Balaban J connectivity index is 1.63. The molecule has 3 N–H and O–H groups in total. The van der Waals surface area contributed by atoms with Crippen LogP contribution in [-0.4, -0.2) is 35.7 Å². The molecule has 2 aromatic rings. The number of amides is 1. The van der Waals surface area contributed by atoms with Gasteiger partial charge < -0.3 is 15.6 Å². The number of rotatable bonds is 5. The number of carbonyl (C=O) groups excluding carboxylic acids is 1. The van der Waals surface area contributed by atoms with E-state index in [0.717, 1.165) is 28.5 Å². The fraction of sp³-hybridized carbons (Fsp3) is 0.150. The van der Waals surface area contributed by atoms with Crippen molar-refractivity contribution in [2.24, 2.45) is 4.99 Å². The summed E-state index contributed by atoms with van der Waals surface area (Å²) in [5, 5.41) is 25.7. The molecule has 1 aliphatic rings. The van der Waals surface area contributed by atoms with Crippen LogP contribution in [0.15, 0.2) is 47.5 Å². The highest BCUT2D eigenvalue weighted by Crippen LogP contribution is 2.28. The van der Waals surface area contributed by atoms with Gasteiger partial charge in [0.1, 0.15) is 0 Å². The number of nitrogens with zero attached hydrogens (tertiary/aromatic N) is 3. The molecule has 0 spiro atoms. The number of nitriles is 1. The highest BCUT2D eigenvalue weighted by atomic mass is 16.2. The van der Waals surface area contributed by atoms with E-state index in [0.29, 0.717) is 18.7 Å². The van der Waals surface area contributed by atoms with Gasteiger partial charge in [-0.3, -0.25) is 10.2 Å². The van der Waals surface area contributed by atoms with Crippen LogP contribution in [0, 0.1) is 22.1 Å². The van der Waals surface area contributed by atoms with Gasteiger partial charge in [-0.25, -0.2) is 4.99 Å². The Morgan fingerprint density at radius 3 is 2.59 bits per heavy atom. The lowest BCUT2D eigenvalue weighted by molar-refractivity contribution is -0.130. The van der Waals surface area contributed by atoms with Gasteiger partial charge >= 0.3 is 0 Å². The van der Waals surface area contributed by atoms with Crippen LogP contribution in [0.5, 0.6) is 0 Å². The summed E-state index contributed by atoms with van der Waals surface area (Å²) in [5.41, 5.74) is 4.96. The molecule has 0 fully saturated rings. The molecule has 27 heavy (non-hydrogen) atoms. The maximum Gasteiger partial charge on any atom is 0.242 e. The molecule has 1 heterocycles. The molecular weight excluding hydrogens is 340 g/mol. The van der Waals surface area contributed by atoms with Gasteiger partial charge in [0, 0.05) is 13.1 Å². The van der Waals surface area contributed by atoms with E-state index in [1.165, 1.54) is 6.34 Å². The molecule has 1 aliphatic heterocycles. The molecule has 0 unspecified atom stereocenters. The molecule has 1 amide bonds. The monoisotopic (exact) mass is 358 g/mol. The third-order valence-electron chi connectivity index (χ3n) is 4.31. The second-order valence-electron chi connectivity index (χ2n) is 6.09. The first-order chi connectivity index (χ1) is 13.1. The molecule has 2 aromatic carbocycles. The predicted molar refractivity (Wildman–Crippen MR) is 104 cm³/mol. The van der Waals surface area contributed by atoms with Gasteiger partial charge in [-0.1, -0.05) is 24.3 Å². The molecule has 0 bridgehead atoms. The largest absolute Gasteiger partial charge is 0.367 e. The minimum Gasteiger partial charge on any atom is -0.367 e. The zero-order valence-electron chi connectivity index (χ0n) is 14.6. The van der Waals surface area contributed by atoms with E-state index in [1.807, 2.05) is 24.3 Å². The lowest BCUT2D eigenvalue weighted by Gasteiger charge is -2.14. The molecule has 7 nitrogen and oxygen atoms in total. The van der Waals surface area contributed by atoms with Crippen LogP contribution < -0.4 is 5.32 Å². The van der Waals surface area contributed by atoms with Gasteiger partial charge in [-0.2, -0.15) is 5.26 Å². The molecule has 0 saturated carbocycles. The summed E-state index contributed by atoms with van der Waals surface area (Å²) in [4.78, 5) is 17.7. The van der Waals surface area contributed by atoms with Gasteiger partial charge in [-0.05, 0) is 40.5 Å². The van der Waals surface area contributed by atoms with Crippen LogP contribution in [0.3, 0.4) is 0 Å². The molecule has 0 atom stereocenters. The Labute approximate surface area is 157 Å². The summed E-state index contributed by atoms with van der Waals surface area (Å²) in [7, 11) is 0. The van der Waals surface area contributed by atoms with Crippen molar-refractivity contribution in [2.45, 2.75) is 13.1 Å². The van der Waals surface area contributed by atoms with Gasteiger partial charge in [0.05, 0.1) is 30.7 Å². The van der Waals surface area contributed by atoms with Gasteiger partial charge in [0.15, 0.2) is 5.84 Å². The minimum absolute atomic E-state index is 0.0565. The van der Waals surface area contributed by atoms with Crippen molar-refractivity contribution >= 4 is 24.3 Å². The SMILES string of the molecule is N#Cc1ccc(-c2ccc3c(c2)CN(C(=O)CN/C=N\C(=N)C=N)C3)cc1. The summed E-state index contributed by atoms with van der Waals surface area (Å²) in [6.07, 6.45) is 2.08. The number of hydrogen-bond acceptors (Lipinski definition) is 4. The maximum atomic E-state index is 12.3. The Hall–Kier alpha value is -3.79. The molecule has 7 heteroatoms. The molecule has 0 radical (unpaired) electrons. The van der Waals surface area contributed by atoms with E-state index in [-0.39, 0.29) is 18.3 Å². The number of nitrogens with one attached hydrogen (secondary N) is 3. The van der Waals surface area contributed by atoms with Gasteiger partial charge in [0.2, 0.25) is 5.91 Å². The Morgan fingerprint density at radius 1 is 1.19 bits per heavy atom. The maximum absolute atomic E-state index is 12.3. The van der Waals surface area contributed by atoms with E-state index in [9.17, 15) is 4.79 Å². The highest BCUT2D eigenvalue weighted by Gasteiger charge is 2.23. The summed E-state index contributed by atoms with van der Waals surface area (Å²) in [6.45, 7) is 1.20. The number of hydrogen-bond donors (Lipinski definition) is 3. The van der Waals surface area contributed by atoms with Crippen LogP contribution in [0.4, 0.5) is 0 Å². The fourth-order valence-corrected chi connectivity index (χ4v) is 2.88. The highest BCUT2D eigenvalue weighted by molar-refractivity contribution is 6.28. The second kappa shape index (κ2) is 8.06. The zero-order chi connectivity index (χ0) is 19.2. The van der Waals surface area contributed by atoms with Crippen molar-refractivity contribution in [3.05, 3.63) is 59.2 Å². The van der Waals surface area contributed by atoms with Crippen molar-refractivity contribution in [1.29, 1.82) is 16.1 Å². The number of carbonyl (C=O) groups is 1. The summed E-state index contributed by atoms with van der Waals surface area (Å²) < 4.78 is 0. The topological polar surface area (TPSA) is 116 Å². The second-order valence-corrected chi connectivity index (χ2v) is 6.09. The van der Waals surface area contributed by atoms with Gasteiger partial charge in [0.25, 0.3) is 0 Å². The summed E-state index contributed by atoms with van der Waals surface area (Å²) in [5.74, 6) is -0.238. The van der Waals surface area contributed by atoms with Crippen LogP contribution in [0.1, 0.15) is 16.7 Å². The molecule has 0 aliphatic carbocycles. The quantitative estimate of drug-likeness (QED) is 0.562. The van der Waals surface area contributed by atoms with E-state index < -0.39 is 0 Å². The average molecular weight is 358 g/mol. The third kappa shape index (κ3) is 4.25. The minimum atomic E-state index is -0.182. The van der Waals surface area contributed by atoms with Crippen molar-refractivity contribution < 1.29 is 4.79 Å². The first-order valence-corrected chi connectivity index (χ1v) is 8.36. The lowest BCUT2D eigenvalue weighted by Crippen LogP contribution is -2.34. The predicted octanol–water partition coefficient (Wildman–Crippen LogP) is 2.31. The lowest BCUT2D eigenvalue weighted by atomic mass is 10.00. The fourth-order valence-electron chi connectivity index (χ4n) is 2.88. The molecule has 0 saturated heterocycles. The van der Waals surface area contributed by atoms with Crippen molar-refractivity contribution in [2.75, 3.05) is 6.54 Å². The van der Waals surface area contributed by atoms with Crippen LogP contribution >= 0.6 is 0 Å². The van der Waals surface area contributed by atoms with Crippen molar-refractivity contribution in [1.82, 2.24) is 10.2 Å². The van der Waals surface area contributed by atoms with Crippen molar-refractivity contribution in [3.63, 3.8) is 0 Å². The van der Waals surface area contributed by atoms with Crippen LogP contribution in [0.25, 0.3) is 11.1 Å². The molecule has 3 rings (SSSR count). The first kappa shape index (κ1) is 18.0. The molecule has 0 aromatic heterocycles. The van der Waals surface area contributed by atoms with Crippen molar-refractivity contribution in [3.8, 4) is 17.2 Å². The molecule has 134 valence electrons. The van der Waals surface area contributed by atoms with E-state index >= 15 is 0 Å². The number of amidine groups is 1. The zero-order valence-corrected chi connectivity index (χ0v) is 14.6. The number of benzene rings is 2. The summed E-state index contributed by atoms with van der Waals surface area (Å²) in [6, 6.07) is 15.7. The number of aliphatic imine (C=N–C) groups is 1. The van der Waals surface area contributed by atoms with E-state index in [2.05, 4.69) is 22.4 Å².